The molecule has 0 aromatic rings. The Labute approximate surface area is 29.9 Å². The van der Waals surface area contributed by atoms with Crippen LogP contribution in [0.5, 0.6) is 0 Å². The second kappa shape index (κ2) is 0.951. The van der Waals surface area contributed by atoms with Gasteiger partial charge in [0.25, 0.3) is 0 Å². The zero-order valence-electron chi connectivity index (χ0n) is 2.19. The molecule has 0 aromatic heterocycles. The van der Waals surface area contributed by atoms with E-state index in [1.54, 1.807) is 11.9 Å². The van der Waals surface area contributed by atoms with Gasteiger partial charge in [-0.2, -0.15) is 0 Å². The topological polar surface area (TPSA) is 12.0 Å². The van der Waals surface area contributed by atoms with Gasteiger partial charge < -0.3 is 0 Å². The van der Waals surface area contributed by atoms with Gasteiger partial charge in [0.2, 0.25) is 0 Å². The summed E-state index contributed by atoms with van der Waals surface area (Å²) in [5.74, 6) is 1.18. The summed E-state index contributed by atoms with van der Waals surface area (Å²) in [6.07, 6.45) is 0. The van der Waals surface area contributed by atoms with Gasteiger partial charge >= 0.3 is 0 Å². The lowest BCUT2D eigenvalue weighted by molar-refractivity contribution is 1.14. The first-order valence-corrected chi connectivity index (χ1v) is 2.18. The maximum absolute atomic E-state index is 2.90. The minimum Gasteiger partial charge on any atom is -0.258 e. The molecule has 4 heavy (non-hydrogen) atoms. The Morgan fingerprint density at radius 1 is 2.00 bits per heavy atom. The van der Waals surface area contributed by atoms with Crippen molar-refractivity contribution >= 4 is 11.9 Å². The van der Waals surface area contributed by atoms with E-state index in [4.69, 9.17) is 0 Å². The molecule has 1 radical (unpaired) electrons. The third kappa shape index (κ3) is 0.213. The molecule has 0 aliphatic carbocycles. The summed E-state index contributed by atoms with van der Waals surface area (Å²) >= 11 is 1.73. The molecular formula is C2H4NS. The van der Waals surface area contributed by atoms with E-state index in [-0.39, 0.29) is 0 Å². The molecule has 0 bridgehead atoms. The lowest BCUT2D eigenvalue weighted by Crippen LogP contribution is -2.12. The minimum absolute atomic E-state index is 1.18. The fourth-order valence-electron chi connectivity index (χ4n) is 0.0833. The smallest absolute Gasteiger partial charge is 0.0445 e. The molecule has 0 saturated carbocycles. The van der Waals surface area contributed by atoms with E-state index in [2.05, 4.69) is 4.72 Å². The van der Waals surface area contributed by atoms with E-state index in [1.807, 2.05) is 6.54 Å². The first-order valence-electron chi connectivity index (χ1n) is 1.19. The highest BCUT2D eigenvalue weighted by atomic mass is 32.2. The summed E-state index contributed by atoms with van der Waals surface area (Å²) in [4.78, 5) is 0. The Kier molecular flexibility index (Phi) is 0.604. The molecule has 1 aliphatic heterocycles. The second-order valence-electron chi connectivity index (χ2n) is 0.633. The lowest BCUT2D eigenvalue weighted by atomic mass is 10.8. The van der Waals surface area contributed by atoms with Crippen molar-refractivity contribution in [3.63, 3.8) is 0 Å². The predicted octanol–water partition coefficient (Wildman–Crippen LogP) is 0.400. The Morgan fingerprint density at radius 2 is 2.25 bits per heavy atom. The molecule has 1 saturated heterocycles. The van der Waals surface area contributed by atoms with Crippen molar-refractivity contribution in [3.8, 4) is 0 Å². The van der Waals surface area contributed by atoms with Gasteiger partial charge in [0.15, 0.2) is 0 Å². The van der Waals surface area contributed by atoms with Gasteiger partial charge in [0.1, 0.15) is 0 Å². The summed E-state index contributed by atoms with van der Waals surface area (Å²) in [6.45, 7) is 2.02. The van der Waals surface area contributed by atoms with Gasteiger partial charge in [-0.05, 0) is 0 Å². The van der Waals surface area contributed by atoms with Crippen LogP contribution in [0, 0.1) is 6.54 Å². The van der Waals surface area contributed by atoms with Crippen molar-refractivity contribution in [1.82, 2.24) is 4.72 Å². The predicted molar refractivity (Wildman–Crippen MR) is 19.9 cm³/mol. The number of hydrogen-bond donors (Lipinski definition) is 1. The highest BCUT2D eigenvalue weighted by Gasteiger charge is 1.94. The SMILES string of the molecule is [CH]1CSN1. The summed E-state index contributed by atoms with van der Waals surface area (Å²) in [5, 5.41) is 0. The zero-order chi connectivity index (χ0) is 2.83. The minimum atomic E-state index is 1.18. The van der Waals surface area contributed by atoms with E-state index in [0.717, 1.165) is 0 Å². The van der Waals surface area contributed by atoms with Crippen molar-refractivity contribution in [2.75, 3.05) is 5.75 Å². The van der Waals surface area contributed by atoms with Crippen LogP contribution in [0.3, 0.4) is 0 Å². The average molecular weight is 74.1 g/mol. The molecule has 23 valence electrons. The van der Waals surface area contributed by atoms with Gasteiger partial charge in [0, 0.05) is 12.3 Å². The van der Waals surface area contributed by atoms with E-state index in [1.165, 1.54) is 5.75 Å². The maximum atomic E-state index is 2.90. The molecular weight excluding hydrogens is 70.1 g/mol. The summed E-state index contributed by atoms with van der Waals surface area (Å²) in [6, 6.07) is 0. The summed E-state index contributed by atoms with van der Waals surface area (Å²) < 4.78 is 2.90. The van der Waals surface area contributed by atoms with Crippen LogP contribution in [0.2, 0.25) is 0 Å². The van der Waals surface area contributed by atoms with Gasteiger partial charge in [-0.15, -0.1) is 0 Å². The Hall–Kier alpha value is 0.310. The monoisotopic (exact) mass is 74.0 g/mol. The third-order valence-electron chi connectivity index (χ3n) is 0.333. The first kappa shape index (κ1) is 2.54. The quantitative estimate of drug-likeness (QED) is 0.417. The van der Waals surface area contributed by atoms with Crippen molar-refractivity contribution in [1.29, 1.82) is 0 Å². The fraction of sp³-hybridized carbons (Fsp3) is 0.500. The average Bonchev–Trinajstić information content (AvgIpc) is 0.722. The molecule has 2 heteroatoms. The van der Waals surface area contributed by atoms with Crippen LogP contribution in [0.15, 0.2) is 0 Å². The molecule has 1 aliphatic rings. The number of nitrogens with one attached hydrogen (secondary N) is 1. The Morgan fingerprint density at radius 3 is 2.25 bits per heavy atom. The molecule has 1 rings (SSSR count). The normalized spacial score (nSPS) is 24.0. The molecule has 1 nitrogen and oxygen atoms in total. The van der Waals surface area contributed by atoms with E-state index < -0.39 is 0 Å². The van der Waals surface area contributed by atoms with Gasteiger partial charge in [0.05, 0.1) is 0 Å². The molecule has 0 unspecified atom stereocenters. The van der Waals surface area contributed by atoms with Gasteiger partial charge in [-0.1, -0.05) is 11.9 Å². The van der Waals surface area contributed by atoms with Crippen LogP contribution in [-0.4, -0.2) is 5.75 Å². The summed E-state index contributed by atoms with van der Waals surface area (Å²) in [5.41, 5.74) is 0. The molecule has 1 fully saturated rings. The number of rotatable bonds is 0. The fourth-order valence-corrected chi connectivity index (χ4v) is 0.250. The molecule has 0 spiro atoms. The lowest BCUT2D eigenvalue weighted by Gasteiger charge is -2.07. The molecule has 1 heterocycles. The Bertz CT molecular complexity index is 14.0. The molecule has 0 aromatic carbocycles. The van der Waals surface area contributed by atoms with E-state index in [0.29, 0.717) is 0 Å². The Balaban J connectivity index is 2.00. The molecule has 0 amide bonds. The van der Waals surface area contributed by atoms with Crippen molar-refractivity contribution in [2.45, 2.75) is 0 Å². The van der Waals surface area contributed by atoms with Crippen LogP contribution in [0.25, 0.3) is 0 Å². The third-order valence-corrected chi connectivity index (χ3v) is 1.00. The highest BCUT2D eigenvalue weighted by Crippen LogP contribution is 2.04. The van der Waals surface area contributed by atoms with Crippen LogP contribution < -0.4 is 4.72 Å². The molecule has 0 atom stereocenters. The van der Waals surface area contributed by atoms with Crippen LogP contribution >= 0.6 is 11.9 Å². The highest BCUT2D eigenvalue weighted by molar-refractivity contribution is 7.98. The van der Waals surface area contributed by atoms with Crippen LogP contribution in [-0.2, 0) is 0 Å². The maximum Gasteiger partial charge on any atom is 0.0445 e. The van der Waals surface area contributed by atoms with Gasteiger partial charge in [-0.25, -0.2) is 0 Å². The summed E-state index contributed by atoms with van der Waals surface area (Å²) in [7, 11) is 0. The van der Waals surface area contributed by atoms with E-state index in [9.17, 15) is 0 Å². The second-order valence-corrected chi connectivity index (χ2v) is 1.49. The van der Waals surface area contributed by atoms with Crippen LogP contribution in [0.4, 0.5) is 0 Å². The largest absolute Gasteiger partial charge is 0.258 e. The standard InChI is InChI=1S/C2H4NS/c1-2-4-3-1/h1,3H,2H2. The van der Waals surface area contributed by atoms with E-state index >= 15 is 0 Å². The van der Waals surface area contributed by atoms with Crippen molar-refractivity contribution < 1.29 is 0 Å². The number of hydrogen-bond acceptors (Lipinski definition) is 2. The van der Waals surface area contributed by atoms with Crippen molar-refractivity contribution in [2.24, 2.45) is 0 Å². The molecule has 1 N–H and O–H groups in total. The van der Waals surface area contributed by atoms with Crippen molar-refractivity contribution in [3.05, 3.63) is 6.54 Å². The first-order chi connectivity index (χ1) is 2.00. The van der Waals surface area contributed by atoms with Crippen LogP contribution in [0.1, 0.15) is 0 Å². The zero-order valence-corrected chi connectivity index (χ0v) is 3.01. The van der Waals surface area contributed by atoms with Gasteiger partial charge in [-0.3, -0.25) is 4.72 Å².